The number of hydrogen-bond acceptors (Lipinski definition) is 2. The molecule has 2 aromatic rings. The molecule has 0 fully saturated rings. The number of rotatable bonds is 8. The Balaban J connectivity index is 2.12. The van der Waals surface area contributed by atoms with Gasteiger partial charge in [0.15, 0.2) is 0 Å². The molecule has 0 aromatic heterocycles. The third-order valence-electron chi connectivity index (χ3n) is 4.33. The minimum Gasteiger partial charge on any atom is -0.352 e. The molecule has 5 heteroatoms. The van der Waals surface area contributed by atoms with Crippen LogP contribution in [-0.4, -0.2) is 28.8 Å². The van der Waals surface area contributed by atoms with Crippen LogP contribution in [0.15, 0.2) is 59.1 Å². The Labute approximate surface area is 170 Å². The van der Waals surface area contributed by atoms with Gasteiger partial charge < -0.3 is 10.2 Å². The number of halogens is 1. The van der Waals surface area contributed by atoms with Gasteiger partial charge in [-0.3, -0.25) is 9.59 Å². The maximum absolute atomic E-state index is 13.0. The van der Waals surface area contributed by atoms with Crippen LogP contribution in [0.4, 0.5) is 0 Å². The van der Waals surface area contributed by atoms with Crippen molar-refractivity contribution in [3.05, 3.63) is 70.2 Å². The normalized spacial score (nSPS) is 11.9. The van der Waals surface area contributed by atoms with Crippen LogP contribution in [0.2, 0.25) is 0 Å². The van der Waals surface area contributed by atoms with Crippen LogP contribution in [0.1, 0.15) is 38.3 Å². The molecular formula is C22H27BrN2O2. The summed E-state index contributed by atoms with van der Waals surface area (Å²) in [5.74, 6) is -0.150. The van der Waals surface area contributed by atoms with E-state index in [1.165, 1.54) is 0 Å². The molecule has 0 aliphatic rings. The standard InChI is InChI=1S/C22H27BrN2O2/c1-16(2)24-22(27)17(3)25(15-19-9-12-20(23)13-10-19)21(26)14-11-18-7-5-4-6-8-18/h4-10,12-13,16-17H,11,14-15H2,1-3H3,(H,24,27). The van der Waals surface area contributed by atoms with Crippen LogP contribution in [0.5, 0.6) is 0 Å². The molecule has 0 aliphatic heterocycles. The third-order valence-corrected chi connectivity index (χ3v) is 4.86. The summed E-state index contributed by atoms with van der Waals surface area (Å²) in [6.07, 6.45) is 1.04. The van der Waals surface area contributed by atoms with E-state index in [1.807, 2.05) is 68.4 Å². The SMILES string of the molecule is CC(C)NC(=O)C(C)N(Cc1ccc(Br)cc1)C(=O)CCc1ccccc1. The van der Waals surface area contributed by atoms with Crippen molar-refractivity contribution in [2.45, 2.75) is 52.2 Å². The molecule has 1 unspecified atom stereocenters. The summed E-state index contributed by atoms with van der Waals surface area (Å²) < 4.78 is 0.985. The largest absolute Gasteiger partial charge is 0.352 e. The number of aryl methyl sites for hydroxylation is 1. The van der Waals surface area contributed by atoms with E-state index in [4.69, 9.17) is 0 Å². The van der Waals surface area contributed by atoms with E-state index in [0.717, 1.165) is 15.6 Å². The Hall–Kier alpha value is -2.14. The van der Waals surface area contributed by atoms with Gasteiger partial charge in [-0.05, 0) is 50.5 Å². The van der Waals surface area contributed by atoms with Crippen LogP contribution in [0, 0.1) is 0 Å². The predicted octanol–water partition coefficient (Wildman–Crippen LogP) is 4.32. The zero-order valence-electron chi connectivity index (χ0n) is 16.1. The number of benzene rings is 2. The predicted molar refractivity (Wildman–Crippen MR) is 112 cm³/mol. The third kappa shape index (κ3) is 6.83. The van der Waals surface area contributed by atoms with Gasteiger partial charge in [-0.1, -0.05) is 58.4 Å². The number of amides is 2. The molecule has 1 N–H and O–H groups in total. The van der Waals surface area contributed by atoms with E-state index < -0.39 is 6.04 Å². The Morgan fingerprint density at radius 1 is 0.963 bits per heavy atom. The average Bonchev–Trinajstić information content (AvgIpc) is 2.65. The van der Waals surface area contributed by atoms with Gasteiger partial charge in [0, 0.05) is 23.5 Å². The summed E-state index contributed by atoms with van der Waals surface area (Å²) in [5.41, 5.74) is 2.11. The van der Waals surface area contributed by atoms with Crippen LogP contribution in [0.3, 0.4) is 0 Å². The van der Waals surface area contributed by atoms with E-state index in [1.54, 1.807) is 11.8 Å². The number of nitrogens with one attached hydrogen (secondary N) is 1. The van der Waals surface area contributed by atoms with Crippen LogP contribution in [-0.2, 0) is 22.6 Å². The minimum atomic E-state index is -0.528. The Morgan fingerprint density at radius 2 is 1.59 bits per heavy atom. The molecule has 0 saturated carbocycles. The Morgan fingerprint density at radius 3 is 2.19 bits per heavy atom. The quantitative estimate of drug-likeness (QED) is 0.677. The smallest absolute Gasteiger partial charge is 0.242 e. The van der Waals surface area contributed by atoms with Crippen LogP contribution < -0.4 is 5.32 Å². The molecular weight excluding hydrogens is 404 g/mol. The lowest BCUT2D eigenvalue weighted by Gasteiger charge is -2.29. The minimum absolute atomic E-state index is 0.0202. The number of nitrogens with zero attached hydrogens (tertiary/aromatic N) is 1. The second kappa shape index (κ2) is 10.3. The first kappa shape index (κ1) is 21.2. The van der Waals surface area contributed by atoms with E-state index in [0.29, 0.717) is 19.4 Å². The molecule has 1 atom stereocenters. The summed E-state index contributed by atoms with van der Waals surface area (Å²) in [4.78, 5) is 27.1. The fourth-order valence-corrected chi connectivity index (χ4v) is 3.08. The molecule has 0 heterocycles. The zero-order valence-corrected chi connectivity index (χ0v) is 17.7. The van der Waals surface area contributed by atoms with Crippen molar-refractivity contribution in [2.75, 3.05) is 0 Å². The van der Waals surface area contributed by atoms with Gasteiger partial charge in [0.05, 0.1) is 0 Å². The van der Waals surface area contributed by atoms with Crippen molar-refractivity contribution in [3.8, 4) is 0 Å². The van der Waals surface area contributed by atoms with Crippen molar-refractivity contribution < 1.29 is 9.59 Å². The van der Waals surface area contributed by atoms with Gasteiger partial charge in [-0.2, -0.15) is 0 Å². The summed E-state index contributed by atoms with van der Waals surface area (Å²) >= 11 is 3.43. The number of carbonyl (C=O) groups is 2. The van der Waals surface area contributed by atoms with Gasteiger partial charge in [-0.25, -0.2) is 0 Å². The fraction of sp³-hybridized carbons (Fsp3) is 0.364. The van der Waals surface area contributed by atoms with Gasteiger partial charge >= 0.3 is 0 Å². The molecule has 0 aliphatic carbocycles. The van der Waals surface area contributed by atoms with E-state index in [9.17, 15) is 9.59 Å². The van der Waals surface area contributed by atoms with Crippen molar-refractivity contribution in [3.63, 3.8) is 0 Å². The second-order valence-corrected chi connectivity index (χ2v) is 7.89. The zero-order chi connectivity index (χ0) is 19.8. The highest BCUT2D eigenvalue weighted by Gasteiger charge is 2.26. The van der Waals surface area contributed by atoms with Crippen molar-refractivity contribution in [1.29, 1.82) is 0 Å². The summed E-state index contributed by atoms with van der Waals surface area (Å²) in [6.45, 7) is 6.03. The second-order valence-electron chi connectivity index (χ2n) is 6.97. The number of hydrogen-bond donors (Lipinski definition) is 1. The molecule has 0 bridgehead atoms. The maximum atomic E-state index is 13.0. The monoisotopic (exact) mass is 430 g/mol. The first-order valence-electron chi connectivity index (χ1n) is 9.25. The fourth-order valence-electron chi connectivity index (χ4n) is 2.81. The highest BCUT2D eigenvalue weighted by atomic mass is 79.9. The lowest BCUT2D eigenvalue weighted by Crippen LogP contribution is -2.49. The first-order chi connectivity index (χ1) is 12.9. The van der Waals surface area contributed by atoms with Crippen LogP contribution >= 0.6 is 15.9 Å². The molecule has 2 aromatic carbocycles. The van der Waals surface area contributed by atoms with Crippen molar-refractivity contribution >= 4 is 27.7 Å². The maximum Gasteiger partial charge on any atom is 0.242 e. The average molecular weight is 431 g/mol. The van der Waals surface area contributed by atoms with E-state index in [2.05, 4.69) is 21.2 Å². The molecule has 4 nitrogen and oxygen atoms in total. The summed E-state index contributed by atoms with van der Waals surface area (Å²) in [5, 5.41) is 2.91. The number of carbonyl (C=O) groups excluding carboxylic acids is 2. The summed E-state index contributed by atoms with van der Waals surface area (Å²) in [6, 6.07) is 17.3. The van der Waals surface area contributed by atoms with E-state index in [-0.39, 0.29) is 17.9 Å². The van der Waals surface area contributed by atoms with E-state index >= 15 is 0 Å². The topological polar surface area (TPSA) is 49.4 Å². The molecule has 0 radical (unpaired) electrons. The van der Waals surface area contributed by atoms with Gasteiger partial charge in [-0.15, -0.1) is 0 Å². The molecule has 0 spiro atoms. The van der Waals surface area contributed by atoms with Crippen LogP contribution in [0.25, 0.3) is 0 Å². The van der Waals surface area contributed by atoms with Crippen molar-refractivity contribution in [2.24, 2.45) is 0 Å². The molecule has 0 saturated heterocycles. The Kier molecular flexibility index (Phi) is 8.04. The highest BCUT2D eigenvalue weighted by Crippen LogP contribution is 2.16. The highest BCUT2D eigenvalue weighted by molar-refractivity contribution is 9.10. The van der Waals surface area contributed by atoms with Gasteiger partial charge in [0.1, 0.15) is 6.04 Å². The van der Waals surface area contributed by atoms with Gasteiger partial charge in [0.2, 0.25) is 11.8 Å². The Bertz CT molecular complexity index is 745. The molecule has 2 amide bonds. The van der Waals surface area contributed by atoms with Gasteiger partial charge in [0.25, 0.3) is 0 Å². The first-order valence-corrected chi connectivity index (χ1v) is 10.0. The summed E-state index contributed by atoms with van der Waals surface area (Å²) in [7, 11) is 0. The molecule has 27 heavy (non-hydrogen) atoms. The molecule has 2 rings (SSSR count). The van der Waals surface area contributed by atoms with Crippen molar-refractivity contribution in [1.82, 2.24) is 10.2 Å². The lowest BCUT2D eigenvalue weighted by molar-refractivity contribution is -0.140. The molecule has 144 valence electrons. The lowest BCUT2D eigenvalue weighted by atomic mass is 10.1.